The number of benzene rings is 1. The zero-order valence-electron chi connectivity index (χ0n) is 6.53. The van der Waals surface area contributed by atoms with Gasteiger partial charge in [0, 0.05) is 4.90 Å². The molecule has 0 amide bonds. The van der Waals surface area contributed by atoms with E-state index in [1.807, 2.05) is 12.3 Å². The highest BCUT2D eigenvalue weighted by Crippen LogP contribution is 2.29. The molecule has 4 heteroatoms. The Morgan fingerprint density at radius 2 is 2.33 bits per heavy atom. The first kappa shape index (κ1) is 7.49. The van der Waals surface area contributed by atoms with Gasteiger partial charge in [0.2, 0.25) is 0 Å². The number of hydrogen-bond donors (Lipinski definition) is 2. The maximum absolute atomic E-state index is 9.39. The Bertz CT molecular complexity index is 410. The van der Waals surface area contributed by atoms with Crippen LogP contribution in [0.4, 0.5) is 0 Å². The van der Waals surface area contributed by atoms with Crippen molar-refractivity contribution in [2.24, 2.45) is 0 Å². The van der Waals surface area contributed by atoms with Gasteiger partial charge < -0.3 is 10.1 Å². The van der Waals surface area contributed by atoms with Crippen LogP contribution in [0.2, 0.25) is 0 Å². The minimum Gasteiger partial charge on any atom is -0.506 e. The van der Waals surface area contributed by atoms with E-state index in [-0.39, 0.29) is 5.75 Å². The molecule has 0 saturated heterocycles. The quantitative estimate of drug-likeness (QED) is 0.660. The van der Waals surface area contributed by atoms with Gasteiger partial charge in [-0.25, -0.2) is 4.98 Å². The number of phenolic OH excluding ortho intramolecular Hbond substituents is 1. The summed E-state index contributed by atoms with van der Waals surface area (Å²) in [4.78, 5) is 8.09. The van der Waals surface area contributed by atoms with Crippen LogP contribution in [-0.4, -0.2) is 21.3 Å². The van der Waals surface area contributed by atoms with E-state index in [4.69, 9.17) is 0 Å². The number of imidazole rings is 1. The molecule has 0 fully saturated rings. The number of aromatic nitrogens is 2. The van der Waals surface area contributed by atoms with Crippen LogP contribution in [0.5, 0.6) is 5.75 Å². The summed E-state index contributed by atoms with van der Waals surface area (Å²) in [6.07, 6.45) is 3.58. The van der Waals surface area contributed by atoms with Gasteiger partial charge in [-0.1, -0.05) is 0 Å². The van der Waals surface area contributed by atoms with Gasteiger partial charge in [-0.2, -0.15) is 0 Å². The fraction of sp³-hybridized carbons (Fsp3) is 0.125. The maximum Gasteiger partial charge on any atom is 0.143 e. The van der Waals surface area contributed by atoms with Gasteiger partial charge in [0.05, 0.1) is 11.8 Å². The number of nitrogens with one attached hydrogen (secondary N) is 1. The van der Waals surface area contributed by atoms with Gasteiger partial charge in [0.25, 0.3) is 0 Å². The minimum absolute atomic E-state index is 0.226. The van der Waals surface area contributed by atoms with Gasteiger partial charge in [0.1, 0.15) is 11.3 Å². The molecule has 1 aromatic carbocycles. The zero-order chi connectivity index (χ0) is 8.55. The van der Waals surface area contributed by atoms with E-state index in [1.165, 1.54) is 0 Å². The number of nitrogens with zero attached hydrogens (tertiary/aromatic N) is 1. The first-order chi connectivity index (χ1) is 5.83. The second-order valence-electron chi connectivity index (χ2n) is 2.41. The third-order valence-electron chi connectivity index (χ3n) is 1.74. The molecular weight excluding hydrogens is 172 g/mol. The lowest BCUT2D eigenvalue weighted by Crippen LogP contribution is -1.75. The molecule has 62 valence electrons. The molecule has 0 radical (unpaired) electrons. The van der Waals surface area contributed by atoms with Crippen LogP contribution in [0.3, 0.4) is 0 Å². The summed E-state index contributed by atoms with van der Waals surface area (Å²) in [5, 5.41) is 9.39. The lowest BCUT2D eigenvalue weighted by molar-refractivity contribution is 0.480. The number of aromatic hydroxyl groups is 1. The molecule has 0 bridgehead atoms. The molecule has 0 aliphatic heterocycles. The molecule has 0 spiro atoms. The largest absolute Gasteiger partial charge is 0.506 e. The number of phenols is 1. The molecule has 0 aliphatic carbocycles. The minimum atomic E-state index is 0.226. The van der Waals surface area contributed by atoms with Gasteiger partial charge in [0.15, 0.2) is 0 Å². The van der Waals surface area contributed by atoms with Crippen LogP contribution >= 0.6 is 11.8 Å². The first-order valence-corrected chi connectivity index (χ1v) is 4.74. The Hall–Kier alpha value is -1.16. The fourth-order valence-electron chi connectivity index (χ4n) is 1.16. The normalized spacial score (nSPS) is 10.8. The molecule has 1 aromatic heterocycles. The van der Waals surface area contributed by atoms with Crippen molar-refractivity contribution < 1.29 is 5.11 Å². The average molecular weight is 180 g/mol. The van der Waals surface area contributed by atoms with Crippen molar-refractivity contribution >= 4 is 22.8 Å². The summed E-state index contributed by atoms with van der Waals surface area (Å²) in [6, 6.07) is 3.54. The monoisotopic (exact) mass is 180 g/mol. The first-order valence-electron chi connectivity index (χ1n) is 3.52. The molecule has 2 rings (SSSR count). The van der Waals surface area contributed by atoms with E-state index in [0.717, 1.165) is 10.4 Å². The van der Waals surface area contributed by atoms with Crippen LogP contribution in [0.1, 0.15) is 0 Å². The predicted octanol–water partition coefficient (Wildman–Crippen LogP) is 1.99. The Labute approximate surface area is 73.8 Å². The second-order valence-corrected chi connectivity index (χ2v) is 3.26. The second kappa shape index (κ2) is 2.71. The zero-order valence-corrected chi connectivity index (χ0v) is 7.35. The summed E-state index contributed by atoms with van der Waals surface area (Å²) in [7, 11) is 0. The summed E-state index contributed by atoms with van der Waals surface area (Å²) in [6.45, 7) is 0. The maximum atomic E-state index is 9.39. The van der Waals surface area contributed by atoms with E-state index in [1.54, 1.807) is 24.2 Å². The molecule has 1 heterocycles. The molecule has 2 N–H and O–H groups in total. The van der Waals surface area contributed by atoms with Gasteiger partial charge >= 0.3 is 0 Å². The average Bonchev–Trinajstić information content (AvgIpc) is 2.54. The van der Waals surface area contributed by atoms with Crippen LogP contribution in [0.15, 0.2) is 23.4 Å². The SMILES string of the molecule is CSc1ccc(O)c2nc[nH]c12. The van der Waals surface area contributed by atoms with Gasteiger partial charge in [-0.05, 0) is 18.4 Å². The molecule has 0 saturated carbocycles. The molecular formula is C8H8N2OS. The number of aromatic amines is 1. The number of hydrogen-bond acceptors (Lipinski definition) is 3. The van der Waals surface area contributed by atoms with Gasteiger partial charge in [-0.3, -0.25) is 0 Å². The summed E-state index contributed by atoms with van der Waals surface area (Å²) in [5.41, 5.74) is 1.55. The Kier molecular flexibility index (Phi) is 1.69. The standard InChI is InChI=1S/C8H8N2OS/c1-12-6-3-2-5(11)7-8(6)10-4-9-7/h2-4,11H,1H3,(H,9,10). The third kappa shape index (κ3) is 0.956. The molecule has 3 nitrogen and oxygen atoms in total. The Morgan fingerprint density at radius 3 is 3.08 bits per heavy atom. The number of fused-ring (bicyclic) bond motifs is 1. The van der Waals surface area contributed by atoms with Crippen LogP contribution in [0, 0.1) is 0 Å². The Morgan fingerprint density at radius 1 is 1.50 bits per heavy atom. The van der Waals surface area contributed by atoms with E-state index in [2.05, 4.69) is 9.97 Å². The van der Waals surface area contributed by atoms with E-state index in [0.29, 0.717) is 5.52 Å². The molecule has 0 aliphatic rings. The van der Waals surface area contributed by atoms with Crippen molar-refractivity contribution in [2.75, 3.05) is 6.26 Å². The van der Waals surface area contributed by atoms with E-state index >= 15 is 0 Å². The summed E-state index contributed by atoms with van der Waals surface area (Å²) >= 11 is 1.63. The van der Waals surface area contributed by atoms with Crippen molar-refractivity contribution in [3.8, 4) is 5.75 Å². The Balaban J connectivity index is 2.82. The highest BCUT2D eigenvalue weighted by atomic mass is 32.2. The van der Waals surface area contributed by atoms with Gasteiger partial charge in [-0.15, -0.1) is 11.8 Å². The van der Waals surface area contributed by atoms with E-state index < -0.39 is 0 Å². The number of H-pyrrole nitrogens is 1. The topological polar surface area (TPSA) is 48.9 Å². The molecule has 2 aromatic rings. The van der Waals surface area contributed by atoms with Crippen LogP contribution < -0.4 is 0 Å². The van der Waals surface area contributed by atoms with Crippen molar-refractivity contribution in [3.05, 3.63) is 18.5 Å². The number of thioether (sulfide) groups is 1. The lowest BCUT2D eigenvalue weighted by atomic mass is 10.3. The van der Waals surface area contributed by atoms with Crippen LogP contribution in [-0.2, 0) is 0 Å². The highest BCUT2D eigenvalue weighted by molar-refractivity contribution is 7.98. The van der Waals surface area contributed by atoms with Crippen molar-refractivity contribution in [1.82, 2.24) is 9.97 Å². The van der Waals surface area contributed by atoms with Crippen molar-refractivity contribution in [3.63, 3.8) is 0 Å². The smallest absolute Gasteiger partial charge is 0.143 e. The highest BCUT2D eigenvalue weighted by Gasteiger charge is 2.05. The molecule has 12 heavy (non-hydrogen) atoms. The third-order valence-corrected chi connectivity index (χ3v) is 2.52. The lowest BCUT2D eigenvalue weighted by Gasteiger charge is -1.98. The van der Waals surface area contributed by atoms with Crippen molar-refractivity contribution in [1.29, 1.82) is 0 Å². The molecule has 0 atom stereocenters. The predicted molar refractivity (Wildman–Crippen MR) is 49.5 cm³/mol. The molecule has 0 unspecified atom stereocenters. The fourth-order valence-corrected chi connectivity index (χ4v) is 1.73. The van der Waals surface area contributed by atoms with Crippen LogP contribution in [0.25, 0.3) is 11.0 Å². The number of rotatable bonds is 1. The summed E-state index contributed by atoms with van der Waals surface area (Å²) in [5.74, 6) is 0.226. The van der Waals surface area contributed by atoms with E-state index in [9.17, 15) is 5.11 Å². The summed E-state index contributed by atoms with van der Waals surface area (Å²) < 4.78 is 0. The van der Waals surface area contributed by atoms with Crippen molar-refractivity contribution in [2.45, 2.75) is 4.90 Å².